The molecule has 1 saturated heterocycles. The summed E-state index contributed by atoms with van der Waals surface area (Å²) in [5, 5.41) is 0. The van der Waals surface area contributed by atoms with Gasteiger partial charge < -0.3 is 4.90 Å². The van der Waals surface area contributed by atoms with E-state index >= 15 is 0 Å². The highest BCUT2D eigenvalue weighted by Crippen LogP contribution is 2.30. The summed E-state index contributed by atoms with van der Waals surface area (Å²) >= 11 is 0. The van der Waals surface area contributed by atoms with Gasteiger partial charge in [-0.3, -0.25) is 9.69 Å². The zero-order valence-electron chi connectivity index (χ0n) is 11.0. The molecule has 0 amide bonds. The Morgan fingerprint density at radius 3 is 2.58 bits per heavy atom. The van der Waals surface area contributed by atoms with Crippen molar-refractivity contribution in [2.75, 3.05) is 37.6 Å². The van der Waals surface area contributed by atoms with Crippen LogP contribution in [0.4, 0.5) is 10.1 Å². The first kappa shape index (κ1) is 12.6. The highest BCUT2D eigenvalue weighted by molar-refractivity contribution is 5.84. The molecule has 1 aromatic rings. The predicted octanol–water partition coefficient (Wildman–Crippen LogP) is 2.17. The van der Waals surface area contributed by atoms with Crippen LogP contribution in [0.25, 0.3) is 0 Å². The minimum atomic E-state index is -0.349. The Balaban J connectivity index is 1.65. The van der Waals surface area contributed by atoms with E-state index in [0.717, 1.165) is 44.1 Å². The molecule has 2 aliphatic rings. The molecule has 0 atom stereocenters. The van der Waals surface area contributed by atoms with Crippen LogP contribution in [0.15, 0.2) is 18.2 Å². The number of aldehydes is 1. The monoisotopic (exact) mass is 262 g/mol. The van der Waals surface area contributed by atoms with Crippen molar-refractivity contribution in [1.29, 1.82) is 0 Å². The fourth-order valence-electron chi connectivity index (χ4n) is 2.74. The smallest absolute Gasteiger partial charge is 0.152 e. The van der Waals surface area contributed by atoms with E-state index in [0.29, 0.717) is 5.56 Å². The molecule has 0 unspecified atom stereocenters. The van der Waals surface area contributed by atoms with E-state index in [2.05, 4.69) is 9.80 Å². The molecule has 0 spiro atoms. The van der Waals surface area contributed by atoms with Crippen LogP contribution in [0.5, 0.6) is 0 Å². The molecule has 2 fully saturated rings. The van der Waals surface area contributed by atoms with Gasteiger partial charge in [-0.25, -0.2) is 4.39 Å². The Kier molecular flexibility index (Phi) is 3.51. The van der Waals surface area contributed by atoms with Gasteiger partial charge in [-0.05, 0) is 37.0 Å². The van der Waals surface area contributed by atoms with Crippen LogP contribution in [-0.4, -0.2) is 43.9 Å². The number of carbonyl (C=O) groups is 1. The fourth-order valence-corrected chi connectivity index (χ4v) is 2.74. The molecule has 0 N–H and O–H groups in total. The third kappa shape index (κ3) is 2.95. The van der Waals surface area contributed by atoms with E-state index in [1.165, 1.54) is 31.5 Å². The molecule has 0 radical (unpaired) electrons. The second-order valence-electron chi connectivity index (χ2n) is 5.55. The Morgan fingerprint density at radius 2 is 1.95 bits per heavy atom. The predicted molar refractivity (Wildman–Crippen MR) is 73.2 cm³/mol. The van der Waals surface area contributed by atoms with Crippen molar-refractivity contribution in [3.05, 3.63) is 29.6 Å². The van der Waals surface area contributed by atoms with E-state index < -0.39 is 0 Å². The van der Waals surface area contributed by atoms with E-state index in [9.17, 15) is 9.18 Å². The van der Waals surface area contributed by atoms with Crippen LogP contribution in [0.2, 0.25) is 0 Å². The van der Waals surface area contributed by atoms with Crippen molar-refractivity contribution in [3.63, 3.8) is 0 Å². The molecule has 19 heavy (non-hydrogen) atoms. The molecule has 3 nitrogen and oxygen atoms in total. The number of nitrogens with zero attached hydrogens (tertiary/aromatic N) is 2. The third-order valence-electron chi connectivity index (χ3n) is 4.04. The van der Waals surface area contributed by atoms with Crippen molar-refractivity contribution < 1.29 is 9.18 Å². The highest BCUT2D eigenvalue weighted by atomic mass is 19.1. The van der Waals surface area contributed by atoms with Gasteiger partial charge in [0.25, 0.3) is 0 Å². The van der Waals surface area contributed by atoms with Crippen molar-refractivity contribution in [3.8, 4) is 0 Å². The van der Waals surface area contributed by atoms with Crippen molar-refractivity contribution in [1.82, 2.24) is 4.90 Å². The lowest BCUT2D eigenvalue weighted by Gasteiger charge is -2.36. The Morgan fingerprint density at radius 1 is 1.21 bits per heavy atom. The molecular formula is C15H19FN2O. The van der Waals surface area contributed by atoms with Crippen LogP contribution in [0.1, 0.15) is 23.2 Å². The molecular weight excluding hydrogens is 243 g/mol. The zero-order valence-corrected chi connectivity index (χ0v) is 11.0. The number of anilines is 1. The van der Waals surface area contributed by atoms with Gasteiger partial charge in [0, 0.05) is 44.0 Å². The summed E-state index contributed by atoms with van der Waals surface area (Å²) in [6.07, 6.45) is 3.51. The molecule has 1 heterocycles. The average molecular weight is 262 g/mol. The lowest BCUT2D eigenvalue weighted by atomic mass is 10.1. The van der Waals surface area contributed by atoms with Crippen LogP contribution in [0, 0.1) is 11.7 Å². The van der Waals surface area contributed by atoms with E-state index in [4.69, 9.17) is 0 Å². The summed E-state index contributed by atoms with van der Waals surface area (Å²) in [4.78, 5) is 15.7. The first-order chi connectivity index (χ1) is 9.26. The maximum Gasteiger partial charge on any atom is 0.152 e. The number of carbonyl (C=O) groups excluding carboxylic acids is 1. The van der Waals surface area contributed by atoms with Gasteiger partial charge in [-0.15, -0.1) is 0 Å². The Hall–Kier alpha value is -1.42. The maximum atomic E-state index is 13.1. The van der Waals surface area contributed by atoms with E-state index in [1.807, 2.05) is 0 Å². The molecule has 1 aliphatic heterocycles. The van der Waals surface area contributed by atoms with Crippen LogP contribution in [0.3, 0.4) is 0 Å². The summed E-state index contributed by atoms with van der Waals surface area (Å²) in [6.45, 7) is 5.12. The minimum absolute atomic E-state index is 0.349. The zero-order chi connectivity index (χ0) is 13.2. The average Bonchev–Trinajstić information content (AvgIpc) is 3.24. The van der Waals surface area contributed by atoms with Gasteiger partial charge in [0.05, 0.1) is 0 Å². The molecule has 0 aromatic heterocycles. The van der Waals surface area contributed by atoms with E-state index in [-0.39, 0.29) is 5.82 Å². The lowest BCUT2D eigenvalue weighted by molar-refractivity contribution is 0.112. The number of hydrogen-bond acceptors (Lipinski definition) is 3. The molecule has 4 heteroatoms. The van der Waals surface area contributed by atoms with Gasteiger partial charge in [-0.1, -0.05) is 0 Å². The second kappa shape index (κ2) is 5.29. The number of hydrogen-bond donors (Lipinski definition) is 0. The molecule has 0 bridgehead atoms. The lowest BCUT2D eigenvalue weighted by Crippen LogP contribution is -2.47. The van der Waals surface area contributed by atoms with Crippen molar-refractivity contribution >= 4 is 12.0 Å². The van der Waals surface area contributed by atoms with Crippen molar-refractivity contribution in [2.24, 2.45) is 5.92 Å². The Labute approximate surface area is 113 Å². The standard InChI is InChI=1S/C15H19FN2O/c16-14-3-4-15(13(9-14)11-19)18-7-5-17(6-8-18)10-12-1-2-12/h3-4,9,11-12H,1-2,5-8,10H2. The number of benzene rings is 1. The normalized spacial score (nSPS) is 20.6. The molecule has 3 rings (SSSR count). The van der Waals surface area contributed by atoms with Gasteiger partial charge in [0.15, 0.2) is 6.29 Å². The SMILES string of the molecule is O=Cc1cc(F)ccc1N1CCN(CC2CC2)CC1. The van der Waals surface area contributed by atoms with Gasteiger partial charge in [0.1, 0.15) is 5.82 Å². The first-order valence-electron chi connectivity index (χ1n) is 6.98. The van der Waals surface area contributed by atoms with Crippen molar-refractivity contribution in [2.45, 2.75) is 12.8 Å². The Bertz CT molecular complexity index is 465. The van der Waals surface area contributed by atoms with Gasteiger partial charge in [0.2, 0.25) is 0 Å². The summed E-state index contributed by atoms with van der Waals surface area (Å²) in [6, 6.07) is 4.47. The molecule has 1 aromatic carbocycles. The highest BCUT2D eigenvalue weighted by Gasteiger charge is 2.26. The van der Waals surface area contributed by atoms with E-state index in [1.54, 1.807) is 6.07 Å². The number of piperazine rings is 1. The molecule has 1 saturated carbocycles. The molecule has 1 aliphatic carbocycles. The number of rotatable bonds is 4. The summed E-state index contributed by atoms with van der Waals surface area (Å²) < 4.78 is 13.1. The fraction of sp³-hybridized carbons (Fsp3) is 0.533. The maximum absolute atomic E-state index is 13.1. The molecule has 102 valence electrons. The first-order valence-corrected chi connectivity index (χ1v) is 6.98. The largest absolute Gasteiger partial charge is 0.368 e. The quantitative estimate of drug-likeness (QED) is 0.777. The topological polar surface area (TPSA) is 23.6 Å². The van der Waals surface area contributed by atoms with Crippen LogP contribution < -0.4 is 4.90 Å². The summed E-state index contributed by atoms with van der Waals surface area (Å²) in [5.74, 6) is 0.570. The third-order valence-corrected chi connectivity index (χ3v) is 4.04. The van der Waals surface area contributed by atoms with Crippen LogP contribution >= 0.6 is 0 Å². The number of halogens is 1. The summed E-state index contributed by atoms with van der Waals surface area (Å²) in [5.41, 5.74) is 1.32. The van der Waals surface area contributed by atoms with Gasteiger partial charge in [-0.2, -0.15) is 0 Å². The summed E-state index contributed by atoms with van der Waals surface area (Å²) in [7, 11) is 0. The second-order valence-corrected chi connectivity index (χ2v) is 5.55. The van der Waals surface area contributed by atoms with Crippen LogP contribution in [-0.2, 0) is 0 Å². The van der Waals surface area contributed by atoms with Gasteiger partial charge >= 0.3 is 0 Å². The minimum Gasteiger partial charge on any atom is -0.368 e.